The lowest BCUT2D eigenvalue weighted by atomic mass is 10.0. The van der Waals surface area contributed by atoms with E-state index in [1.165, 1.54) is 19.1 Å². The molecule has 0 amide bonds. The average molecular weight is 330 g/mol. The lowest BCUT2D eigenvalue weighted by molar-refractivity contribution is -0.143. The van der Waals surface area contributed by atoms with Gasteiger partial charge in [0, 0.05) is 12.1 Å². The summed E-state index contributed by atoms with van der Waals surface area (Å²) in [4.78, 5) is 32.0. The third-order valence-electron chi connectivity index (χ3n) is 3.60. The van der Waals surface area contributed by atoms with Gasteiger partial charge in [0.05, 0.1) is 5.92 Å². The maximum atomic E-state index is 12.5. The number of hydrogen-bond acceptors (Lipinski definition) is 4. The van der Waals surface area contributed by atoms with Crippen LogP contribution in [0.1, 0.15) is 31.2 Å². The molecule has 4 N–H and O–H groups in total. The van der Waals surface area contributed by atoms with Crippen molar-refractivity contribution in [2.24, 2.45) is 5.92 Å². The molecule has 0 saturated heterocycles. The van der Waals surface area contributed by atoms with Gasteiger partial charge in [0.1, 0.15) is 0 Å². The normalized spacial score (nSPS) is 18.0. The fraction of sp³-hybridized carbons (Fsp3) is 0.429. The predicted octanol–water partition coefficient (Wildman–Crippen LogP) is 1.90. The first-order valence-electron chi connectivity index (χ1n) is 6.67. The second kappa shape index (κ2) is 7.54. The molecule has 0 saturated carbocycles. The molecular weight excluding hydrogens is 311 g/mol. The van der Waals surface area contributed by atoms with Crippen LogP contribution in [0.4, 0.5) is 0 Å². The Morgan fingerprint density at radius 2 is 1.73 bits per heavy atom. The Balaban J connectivity index is 2.99. The quantitative estimate of drug-likeness (QED) is 0.535. The highest BCUT2D eigenvalue weighted by Gasteiger charge is 2.43. The minimum absolute atomic E-state index is 0.211. The zero-order chi connectivity index (χ0) is 16.9. The maximum absolute atomic E-state index is 12.5. The number of carboxylic acids is 2. The minimum Gasteiger partial charge on any atom is -0.481 e. The van der Waals surface area contributed by atoms with E-state index in [4.69, 9.17) is 10.2 Å². The molecule has 0 radical (unpaired) electrons. The van der Waals surface area contributed by atoms with E-state index >= 15 is 0 Å². The first-order chi connectivity index (χ1) is 10.2. The second-order valence-electron chi connectivity index (χ2n) is 5.07. The fourth-order valence-corrected chi connectivity index (χ4v) is 4.01. The lowest BCUT2D eigenvalue weighted by Gasteiger charge is -2.28. The van der Waals surface area contributed by atoms with Gasteiger partial charge in [0.15, 0.2) is 5.85 Å². The molecule has 1 rings (SSSR count). The molecule has 0 bridgehead atoms. The van der Waals surface area contributed by atoms with Gasteiger partial charge in [-0.15, -0.1) is 0 Å². The zero-order valence-electron chi connectivity index (χ0n) is 12.0. The van der Waals surface area contributed by atoms with Crippen molar-refractivity contribution in [1.82, 2.24) is 0 Å². The molecule has 4 atom stereocenters. The smallest absolute Gasteiger partial charge is 0.307 e. The maximum Gasteiger partial charge on any atom is 0.307 e. The van der Waals surface area contributed by atoms with Crippen molar-refractivity contribution in [3.8, 4) is 0 Å². The van der Waals surface area contributed by atoms with Crippen molar-refractivity contribution >= 4 is 19.3 Å². The number of carbonyl (C=O) groups is 2. The number of hydrogen-bond donors (Lipinski definition) is 4. The summed E-state index contributed by atoms with van der Waals surface area (Å²) in [6.07, 6.45) is -0.708. The average Bonchev–Trinajstić information content (AvgIpc) is 2.46. The van der Waals surface area contributed by atoms with Crippen LogP contribution in [0.5, 0.6) is 0 Å². The molecular formula is C14H19O7P. The summed E-state index contributed by atoms with van der Waals surface area (Å²) in [7, 11) is -4.28. The summed E-state index contributed by atoms with van der Waals surface area (Å²) in [6, 6.07) is 7.78. The van der Waals surface area contributed by atoms with Crippen LogP contribution < -0.4 is 0 Å². The molecule has 8 heteroatoms. The minimum atomic E-state index is -4.28. The van der Waals surface area contributed by atoms with Crippen molar-refractivity contribution in [2.75, 3.05) is 0 Å². The third kappa shape index (κ3) is 4.40. The summed E-state index contributed by atoms with van der Waals surface area (Å²) in [5.74, 6) is -5.58. The van der Waals surface area contributed by atoms with Crippen LogP contribution in [0.2, 0.25) is 0 Å². The van der Waals surface area contributed by atoms with Gasteiger partial charge in [-0.05, 0) is 12.0 Å². The molecule has 0 heterocycles. The van der Waals surface area contributed by atoms with E-state index in [2.05, 4.69) is 0 Å². The van der Waals surface area contributed by atoms with Crippen molar-refractivity contribution in [2.45, 2.75) is 31.3 Å². The van der Waals surface area contributed by atoms with E-state index in [1.54, 1.807) is 18.2 Å². The van der Waals surface area contributed by atoms with Crippen molar-refractivity contribution in [1.29, 1.82) is 0 Å². The highest BCUT2D eigenvalue weighted by Crippen LogP contribution is 2.60. The summed E-state index contributed by atoms with van der Waals surface area (Å²) in [5.41, 5.74) is -1.07. The summed E-state index contributed by atoms with van der Waals surface area (Å²) >= 11 is 0. The van der Waals surface area contributed by atoms with Gasteiger partial charge in [0.25, 0.3) is 0 Å². The Morgan fingerprint density at radius 3 is 2.18 bits per heavy atom. The molecule has 0 aliphatic rings. The van der Waals surface area contributed by atoms with Crippen LogP contribution >= 0.6 is 7.37 Å². The van der Waals surface area contributed by atoms with Gasteiger partial charge in [-0.2, -0.15) is 0 Å². The topological polar surface area (TPSA) is 132 Å². The third-order valence-corrected chi connectivity index (χ3v) is 6.13. The molecule has 4 unspecified atom stereocenters. The molecule has 0 aliphatic heterocycles. The zero-order valence-corrected chi connectivity index (χ0v) is 12.9. The molecule has 1 aromatic rings. The highest BCUT2D eigenvalue weighted by molar-refractivity contribution is 7.58. The Morgan fingerprint density at radius 1 is 1.18 bits per heavy atom. The first kappa shape index (κ1) is 18.4. The van der Waals surface area contributed by atoms with E-state index in [0.29, 0.717) is 0 Å². The Kier molecular flexibility index (Phi) is 6.29. The van der Waals surface area contributed by atoms with Crippen LogP contribution in [-0.4, -0.2) is 37.8 Å². The number of rotatable bonds is 8. The fourth-order valence-electron chi connectivity index (χ4n) is 2.17. The molecule has 0 aliphatic carbocycles. The van der Waals surface area contributed by atoms with E-state index in [1.807, 2.05) is 0 Å². The van der Waals surface area contributed by atoms with E-state index in [-0.39, 0.29) is 12.0 Å². The molecule has 1 aromatic carbocycles. The Labute approximate surface area is 127 Å². The SMILES string of the molecule is CC(C(CCC(=O)O)C(=O)O)P(=O)(O)C(O)c1ccccc1. The van der Waals surface area contributed by atoms with Crippen LogP contribution in [-0.2, 0) is 14.2 Å². The van der Waals surface area contributed by atoms with Gasteiger partial charge >= 0.3 is 11.9 Å². The molecule has 122 valence electrons. The summed E-state index contributed by atoms with van der Waals surface area (Å²) < 4.78 is 12.5. The Hall–Kier alpha value is -1.69. The monoisotopic (exact) mass is 330 g/mol. The number of carboxylic acid groups (broad SMARTS) is 2. The first-order valence-corrected chi connectivity index (χ1v) is 8.47. The van der Waals surface area contributed by atoms with E-state index in [9.17, 15) is 24.2 Å². The number of aliphatic hydroxyl groups excluding tert-OH is 1. The van der Waals surface area contributed by atoms with Crippen LogP contribution in [0.25, 0.3) is 0 Å². The van der Waals surface area contributed by atoms with Gasteiger partial charge in [-0.25, -0.2) is 0 Å². The molecule has 7 nitrogen and oxygen atoms in total. The molecule has 22 heavy (non-hydrogen) atoms. The number of benzene rings is 1. The van der Waals surface area contributed by atoms with Gasteiger partial charge in [-0.1, -0.05) is 37.3 Å². The van der Waals surface area contributed by atoms with Gasteiger partial charge < -0.3 is 20.2 Å². The van der Waals surface area contributed by atoms with E-state index in [0.717, 1.165) is 0 Å². The van der Waals surface area contributed by atoms with Crippen molar-refractivity contribution < 1.29 is 34.4 Å². The standard InChI is InChI=1S/C14H19O7P/c1-9(11(13(17)18)7-8-12(15)16)22(20,21)14(19)10-5-3-2-4-6-10/h2-6,9,11,14,19H,7-8H2,1H3,(H,15,16)(H,17,18)(H,20,21). The largest absolute Gasteiger partial charge is 0.481 e. The molecule has 0 fully saturated rings. The predicted molar refractivity (Wildman–Crippen MR) is 78.7 cm³/mol. The van der Waals surface area contributed by atoms with Crippen LogP contribution in [0.3, 0.4) is 0 Å². The van der Waals surface area contributed by atoms with Crippen molar-refractivity contribution in [3.05, 3.63) is 35.9 Å². The van der Waals surface area contributed by atoms with Gasteiger partial charge in [-0.3, -0.25) is 14.2 Å². The lowest BCUT2D eigenvalue weighted by Crippen LogP contribution is -2.28. The number of aliphatic carboxylic acids is 2. The second-order valence-corrected chi connectivity index (χ2v) is 7.72. The summed E-state index contributed by atoms with van der Waals surface area (Å²) in [6.45, 7) is 1.24. The van der Waals surface area contributed by atoms with Crippen LogP contribution in [0, 0.1) is 5.92 Å². The molecule has 0 aromatic heterocycles. The van der Waals surface area contributed by atoms with Crippen LogP contribution in [0.15, 0.2) is 30.3 Å². The summed E-state index contributed by atoms with van der Waals surface area (Å²) in [5, 5.41) is 27.9. The van der Waals surface area contributed by atoms with E-state index < -0.39 is 43.2 Å². The molecule has 0 spiro atoms. The van der Waals surface area contributed by atoms with Gasteiger partial charge in [0.2, 0.25) is 7.37 Å². The Bertz CT molecular complexity index is 572. The number of aliphatic hydroxyl groups is 1. The van der Waals surface area contributed by atoms with Crippen molar-refractivity contribution in [3.63, 3.8) is 0 Å². The highest BCUT2D eigenvalue weighted by atomic mass is 31.2.